The van der Waals surface area contributed by atoms with Crippen molar-refractivity contribution in [3.05, 3.63) is 66.1 Å². The summed E-state index contributed by atoms with van der Waals surface area (Å²) in [6.45, 7) is 2.91. The van der Waals surface area contributed by atoms with Crippen molar-refractivity contribution < 1.29 is 9.18 Å². The molecule has 1 amide bonds. The normalized spacial score (nSPS) is 14.5. The van der Waals surface area contributed by atoms with Crippen LogP contribution in [0, 0.1) is 5.82 Å². The zero-order valence-corrected chi connectivity index (χ0v) is 18.6. The fourth-order valence-electron chi connectivity index (χ4n) is 4.39. The fraction of sp³-hybridized carbons (Fsp3) is 0.208. The van der Waals surface area contributed by atoms with Gasteiger partial charge in [-0.25, -0.2) is 14.4 Å². The molecule has 0 aliphatic carbocycles. The Bertz CT molecular complexity index is 1430. The maximum absolute atomic E-state index is 13.7. The van der Waals surface area contributed by atoms with E-state index in [1.165, 1.54) is 12.1 Å². The zero-order valence-electron chi connectivity index (χ0n) is 17.7. The predicted octanol–water partition coefficient (Wildman–Crippen LogP) is 4.13. The summed E-state index contributed by atoms with van der Waals surface area (Å²) in [6, 6.07) is 14.5. The molecule has 0 unspecified atom stereocenters. The van der Waals surface area contributed by atoms with E-state index >= 15 is 0 Å². The van der Waals surface area contributed by atoms with Crippen molar-refractivity contribution in [3.8, 4) is 11.5 Å². The van der Waals surface area contributed by atoms with Crippen LogP contribution in [-0.4, -0.2) is 56.5 Å². The Balaban J connectivity index is 1.15. The quantitative estimate of drug-likeness (QED) is 0.438. The molecule has 2 aromatic carbocycles. The molecule has 7 nitrogen and oxygen atoms in total. The number of aromatic amines is 1. The lowest BCUT2D eigenvalue weighted by Crippen LogP contribution is -2.49. The number of aromatic nitrogens is 4. The van der Waals surface area contributed by atoms with Crippen molar-refractivity contribution in [2.75, 3.05) is 31.1 Å². The van der Waals surface area contributed by atoms with Crippen molar-refractivity contribution in [3.63, 3.8) is 0 Å². The molecule has 0 bridgehead atoms. The summed E-state index contributed by atoms with van der Waals surface area (Å²) in [5.74, 6) is 0.504. The van der Waals surface area contributed by atoms with Gasteiger partial charge in [-0.15, -0.1) is 11.3 Å². The third-order valence-corrected chi connectivity index (χ3v) is 7.01. The Hall–Kier alpha value is -3.72. The van der Waals surface area contributed by atoms with Crippen molar-refractivity contribution in [2.24, 2.45) is 0 Å². The number of carbonyl (C=O) groups is 1. The summed E-state index contributed by atoms with van der Waals surface area (Å²) in [5.41, 5.74) is 5.32. The topological polar surface area (TPSA) is 70.1 Å². The third kappa shape index (κ3) is 3.64. The molecular weight excluding hydrogens is 439 g/mol. The molecule has 3 aromatic heterocycles. The molecule has 0 atom stereocenters. The summed E-state index contributed by atoms with van der Waals surface area (Å²) in [4.78, 5) is 29.7. The molecule has 0 spiro atoms. The van der Waals surface area contributed by atoms with Gasteiger partial charge in [0.25, 0.3) is 0 Å². The standard InChI is InChI=1S/C24H21FN6OS/c25-17-6-5-16-7-8-31(20(16)13-17)14-21(32)29-9-11-30(12-10-29)24-22(26-15-33-24)23-27-18-3-1-2-4-19(18)28-23/h1-8,13,15H,9-12,14H2,(H,27,28). The smallest absolute Gasteiger partial charge is 0.242 e. The first kappa shape index (κ1) is 19.9. The Kier molecular flexibility index (Phi) is 4.83. The SMILES string of the molecule is O=C(Cn1ccc2ccc(F)cc21)N1CCN(c2scnc2-c2nc3ccccc3[nH]2)CC1. The van der Waals surface area contributed by atoms with Crippen LogP contribution in [0.4, 0.5) is 9.39 Å². The number of imidazole rings is 1. The minimum Gasteiger partial charge on any atom is -0.358 e. The number of hydrogen-bond donors (Lipinski definition) is 1. The van der Waals surface area contributed by atoms with Crippen LogP contribution in [0.3, 0.4) is 0 Å². The van der Waals surface area contributed by atoms with Crippen molar-refractivity contribution in [1.29, 1.82) is 0 Å². The van der Waals surface area contributed by atoms with Crippen LogP contribution in [-0.2, 0) is 11.3 Å². The predicted molar refractivity (Wildman–Crippen MR) is 128 cm³/mol. The van der Waals surface area contributed by atoms with E-state index in [9.17, 15) is 9.18 Å². The number of rotatable bonds is 4. The highest BCUT2D eigenvalue weighted by Gasteiger charge is 2.25. The number of thiazole rings is 1. The molecule has 0 radical (unpaired) electrons. The highest BCUT2D eigenvalue weighted by molar-refractivity contribution is 7.14. The monoisotopic (exact) mass is 460 g/mol. The Morgan fingerprint density at radius 3 is 2.79 bits per heavy atom. The molecule has 1 aliphatic heterocycles. The van der Waals surface area contributed by atoms with Gasteiger partial charge in [0.15, 0.2) is 5.82 Å². The van der Waals surface area contributed by atoms with Gasteiger partial charge in [0.2, 0.25) is 5.91 Å². The van der Waals surface area contributed by atoms with E-state index in [4.69, 9.17) is 4.98 Å². The lowest BCUT2D eigenvalue weighted by atomic mass is 10.2. The van der Waals surface area contributed by atoms with E-state index in [-0.39, 0.29) is 18.3 Å². The van der Waals surface area contributed by atoms with Crippen LogP contribution in [0.25, 0.3) is 33.5 Å². The molecule has 1 N–H and O–H groups in total. The number of fused-ring (bicyclic) bond motifs is 2. The van der Waals surface area contributed by atoms with Gasteiger partial charge < -0.3 is 19.4 Å². The van der Waals surface area contributed by atoms with Crippen LogP contribution in [0.5, 0.6) is 0 Å². The van der Waals surface area contributed by atoms with Gasteiger partial charge >= 0.3 is 0 Å². The number of nitrogens with one attached hydrogen (secondary N) is 1. The van der Waals surface area contributed by atoms with E-state index in [0.717, 1.165) is 51.5 Å². The molecule has 33 heavy (non-hydrogen) atoms. The molecule has 1 saturated heterocycles. The average Bonchev–Trinajstić information content (AvgIpc) is 3.57. The summed E-state index contributed by atoms with van der Waals surface area (Å²) in [5, 5.41) is 1.99. The van der Waals surface area contributed by atoms with E-state index in [1.54, 1.807) is 17.4 Å². The lowest BCUT2D eigenvalue weighted by molar-refractivity contribution is -0.132. The first-order valence-electron chi connectivity index (χ1n) is 10.8. The second kappa shape index (κ2) is 8.00. The second-order valence-electron chi connectivity index (χ2n) is 8.12. The van der Waals surface area contributed by atoms with Gasteiger partial charge in [-0.1, -0.05) is 12.1 Å². The molecule has 1 fully saturated rings. The lowest BCUT2D eigenvalue weighted by Gasteiger charge is -2.35. The van der Waals surface area contributed by atoms with Crippen molar-refractivity contribution >= 4 is 44.2 Å². The number of piperazine rings is 1. The van der Waals surface area contributed by atoms with Crippen LogP contribution >= 0.6 is 11.3 Å². The largest absolute Gasteiger partial charge is 0.358 e. The number of amides is 1. The van der Waals surface area contributed by atoms with Gasteiger partial charge in [0.05, 0.1) is 22.1 Å². The minimum absolute atomic E-state index is 0.0400. The molecule has 166 valence electrons. The van der Waals surface area contributed by atoms with Crippen LogP contribution in [0.15, 0.2) is 60.2 Å². The molecule has 9 heteroatoms. The first-order chi connectivity index (χ1) is 16.2. The summed E-state index contributed by atoms with van der Waals surface area (Å²) in [7, 11) is 0. The zero-order chi connectivity index (χ0) is 22.4. The number of anilines is 1. The van der Waals surface area contributed by atoms with Crippen LogP contribution in [0.1, 0.15) is 0 Å². The highest BCUT2D eigenvalue weighted by atomic mass is 32.1. The van der Waals surface area contributed by atoms with E-state index in [0.29, 0.717) is 13.1 Å². The van der Waals surface area contributed by atoms with Gasteiger partial charge in [0, 0.05) is 32.4 Å². The molecule has 6 rings (SSSR count). The number of H-pyrrole nitrogens is 1. The number of para-hydroxylation sites is 2. The van der Waals surface area contributed by atoms with Crippen molar-refractivity contribution in [1.82, 2.24) is 24.4 Å². The third-order valence-electron chi connectivity index (χ3n) is 6.12. The second-order valence-corrected chi connectivity index (χ2v) is 8.96. The molecule has 5 aromatic rings. The number of hydrogen-bond acceptors (Lipinski definition) is 5. The van der Waals surface area contributed by atoms with Crippen LogP contribution < -0.4 is 4.90 Å². The molecule has 0 saturated carbocycles. The van der Waals surface area contributed by atoms with E-state index in [2.05, 4.69) is 14.9 Å². The molecule has 1 aliphatic rings. The average molecular weight is 461 g/mol. The Labute approximate surface area is 193 Å². The van der Waals surface area contributed by atoms with E-state index < -0.39 is 0 Å². The maximum Gasteiger partial charge on any atom is 0.242 e. The summed E-state index contributed by atoms with van der Waals surface area (Å²) < 4.78 is 15.5. The van der Waals surface area contributed by atoms with E-state index in [1.807, 2.05) is 51.5 Å². The highest BCUT2D eigenvalue weighted by Crippen LogP contribution is 2.33. The van der Waals surface area contributed by atoms with Gasteiger partial charge in [-0.05, 0) is 41.8 Å². The first-order valence-corrected chi connectivity index (χ1v) is 11.7. The Morgan fingerprint density at radius 2 is 1.94 bits per heavy atom. The van der Waals surface area contributed by atoms with Crippen LogP contribution in [0.2, 0.25) is 0 Å². The van der Waals surface area contributed by atoms with Crippen molar-refractivity contribution in [2.45, 2.75) is 6.54 Å². The number of carbonyl (C=O) groups excluding carboxylic acids is 1. The number of benzene rings is 2. The van der Waals surface area contributed by atoms with Gasteiger partial charge in [0.1, 0.15) is 23.1 Å². The number of nitrogens with zero attached hydrogens (tertiary/aromatic N) is 5. The fourth-order valence-corrected chi connectivity index (χ4v) is 5.24. The Morgan fingerprint density at radius 1 is 1.09 bits per heavy atom. The summed E-state index contributed by atoms with van der Waals surface area (Å²) in [6.07, 6.45) is 1.84. The number of halogens is 1. The molecule has 4 heterocycles. The summed E-state index contributed by atoms with van der Waals surface area (Å²) >= 11 is 1.59. The maximum atomic E-state index is 13.7. The minimum atomic E-state index is -0.298. The van der Waals surface area contributed by atoms with Gasteiger partial charge in [-0.3, -0.25) is 4.79 Å². The van der Waals surface area contributed by atoms with Gasteiger partial charge in [-0.2, -0.15) is 0 Å². The molecular formula is C24H21FN6OS.